The van der Waals surface area contributed by atoms with Crippen LogP contribution in [0.4, 0.5) is 0 Å². The molecule has 0 aliphatic heterocycles. The molecule has 0 saturated heterocycles. The van der Waals surface area contributed by atoms with Crippen LogP contribution < -0.4 is 0 Å². The van der Waals surface area contributed by atoms with Crippen LogP contribution in [0.15, 0.2) is 0 Å². The third kappa shape index (κ3) is 24.6. The Labute approximate surface area is 203 Å². The van der Waals surface area contributed by atoms with Gasteiger partial charge in [-0.05, 0) is 12.8 Å². The standard InChI is InChI=1S/C30H62O2/c1-3-5-6-7-8-9-10-11-12-13-14-15-16-17-18-19-20-21-22-23-24-25-26-27-28-30(32)29(31)4-2/h29-32H,3-28H2,1-2H3. The highest BCUT2D eigenvalue weighted by molar-refractivity contribution is 4.65. The van der Waals surface area contributed by atoms with Crippen molar-refractivity contribution in [3.05, 3.63) is 0 Å². The summed E-state index contributed by atoms with van der Waals surface area (Å²) in [6.07, 6.45) is 34.1. The molecule has 0 bridgehead atoms. The van der Waals surface area contributed by atoms with Gasteiger partial charge in [0.05, 0.1) is 12.2 Å². The lowest BCUT2D eigenvalue weighted by Gasteiger charge is -2.15. The highest BCUT2D eigenvalue weighted by Crippen LogP contribution is 2.16. The minimum atomic E-state index is -0.528. The molecule has 0 aliphatic carbocycles. The van der Waals surface area contributed by atoms with Gasteiger partial charge in [-0.3, -0.25) is 0 Å². The van der Waals surface area contributed by atoms with Gasteiger partial charge < -0.3 is 10.2 Å². The van der Waals surface area contributed by atoms with Crippen LogP contribution in [0.1, 0.15) is 181 Å². The fourth-order valence-electron chi connectivity index (χ4n) is 4.78. The van der Waals surface area contributed by atoms with Gasteiger partial charge in [0.1, 0.15) is 0 Å². The Morgan fingerprint density at radius 1 is 0.344 bits per heavy atom. The summed E-state index contributed by atoms with van der Waals surface area (Å²) >= 11 is 0. The van der Waals surface area contributed by atoms with E-state index in [0.29, 0.717) is 6.42 Å². The molecule has 194 valence electrons. The zero-order valence-electron chi connectivity index (χ0n) is 22.4. The second kappa shape index (κ2) is 27.2. The summed E-state index contributed by atoms with van der Waals surface area (Å²) in [4.78, 5) is 0. The van der Waals surface area contributed by atoms with Gasteiger partial charge in [-0.2, -0.15) is 0 Å². The largest absolute Gasteiger partial charge is 0.390 e. The molecule has 2 N–H and O–H groups in total. The highest BCUT2D eigenvalue weighted by Gasteiger charge is 2.12. The molecule has 0 aliphatic rings. The molecule has 0 aromatic rings. The van der Waals surface area contributed by atoms with Crippen LogP contribution in [0.2, 0.25) is 0 Å². The lowest BCUT2D eigenvalue weighted by atomic mass is 10.0. The van der Waals surface area contributed by atoms with Crippen molar-refractivity contribution in [2.75, 3.05) is 0 Å². The van der Waals surface area contributed by atoms with Gasteiger partial charge in [0.25, 0.3) is 0 Å². The van der Waals surface area contributed by atoms with Crippen LogP contribution in [0, 0.1) is 0 Å². The van der Waals surface area contributed by atoms with Crippen molar-refractivity contribution < 1.29 is 10.2 Å². The Balaban J connectivity index is 3.07. The molecular formula is C30H62O2. The molecule has 0 fully saturated rings. The van der Waals surface area contributed by atoms with Crippen molar-refractivity contribution in [3.63, 3.8) is 0 Å². The van der Waals surface area contributed by atoms with E-state index >= 15 is 0 Å². The number of aliphatic hydroxyl groups is 2. The van der Waals surface area contributed by atoms with Gasteiger partial charge in [-0.1, -0.05) is 168 Å². The van der Waals surface area contributed by atoms with Crippen LogP contribution in [0.25, 0.3) is 0 Å². The number of aliphatic hydroxyl groups excluding tert-OH is 2. The first-order chi connectivity index (χ1) is 15.7. The van der Waals surface area contributed by atoms with Gasteiger partial charge in [-0.25, -0.2) is 0 Å². The van der Waals surface area contributed by atoms with Gasteiger partial charge in [0.15, 0.2) is 0 Å². The smallest absolute Gasteiger partial charge is 0.0799 e. The van der Waals surface area contributed by atoms with Gasteiger partial charge in [0, 0.05) is 0 Å². The predicted octanol–water partition coefficient (Wildman–Crippen LogP) is 9.89. The average Bonchev–Trinajstić information content (AvgIpc) is 2.81. The van der Waals surface area contributed by atoms with Crippen molar-refractivity contribution in [1.29, 1.82) is 0 Å². The number of hydrogen-bond acceptors (Lipinski definition) is 2. The zero-order chi connectivity index (χ0) is 23.5. The Hall–Kier alpha value is -0.0800. The van der Waals surface area contributed by atoms with Crippen LogP contribution in [-0.2, 0) is 0 Å². The molecule has 0 radical (unpaired) electrons. The molecule has 2 unspecified atom stereocenters. The van der Waals surface area contributed by atoms with E-state index in [1.807, 2.05) is 6.92 Å². The van der Waals surface area contributed by atoms with Crippen LogP contribution in [0.5, 0.6) is 0 Å². The Bertz CT molecular complexity index is 331. The van der Waals surface area contributed by atoms with Crippen molar-refractivity contribution in [1.82, 2.24) is 0 Å². The van der Waals surface area contributed by atoms with E-state index in [1.54, 1.807) is 0 Å². The number of rotatable bonds is 27. The van der Waals surface area contributed by atoms with E-state index in [0.717, 1.165) is 12.8 Å². The summed E-state index contributed by atoms with van der Waals surface area (Å²) in [5.41, 5.74) is 0. The summed E-state index contributed by atoms with van der Waals surface area (Å²) in [6.45, 7) is 4.22. The van der Waals surface area contributed by atoms with E-state index in [4.69, 9.17) is 0 Å². The lowest BCUT2D eigenvalue weighted by Crippen LogP contribution is -2.24. The quantitative estimate of drug-likeness (QED) is 0.121. The molecular weight excluding hydrogens is 392 g/mol. The molecule has 2 nitrogen and oxygen atoms in total. The van der Waals surface area contributed by atoms with E-state index in [2.05, 4.69) is 6.92 Å². The van der Waals surface area contributed by atoms with Crippen molar-refractivity contribution in [2.24, 2.45) is 0 Å². The fraction of sp³-hybridized carbons (Fsp3) is 1.00. The summed E-state index contributed by atoms with van der Waals surface area (Å²) < 4.78 is 0. The molecule has 0 aromatic carbocycles. The maximum absolute atomic E-state index is 9.75. The minimum absolute atomic E-state index is 0.514. The van der Waals surface area contributed by atoms with E-state index < -0.39 is 12.2 Å². The maximum Gasteiger partial charge on any atom is 0.0799 e. The second-order valence-electron chi connectivity index (χ2n) is 10.5. The monoisotopic (exact) mass is 454 g/mol. The number of unbranched alkanes of at least 4 members (excludes halogenated alkanes) is 23. The van der Waals surface area contributed by atoms with Crippen molar-refractivity contribution >= 4 is 0 Å². The highest BCUT2D eigenvalue weighted by atomic mass is 16.3. The molecule has 0 saturated carbocycles. The van der Waals surface area contributed by atoms with Crippen molar-refractivity contribution in [3.8, 4) is 0 Å². The predicted molar refractivity (Wildman–Crippen MR) is 143 cm³/mol. The lowest BCUT2D eigenvalue weighted by molar-refractivity contribution is 0.0114. The normalized spacial score (nSPS) is 13.5. The molecule has 0 rings (SSSR count). The molecule has 0 aromatic heterocycles. The topological polar surface area (TPSA) is 40.5 Å². The SMILES string of the molecule is CCCCCCCCCCCCCCCCCCCCCCCCCCC(O)C(O)CC. The molecule has 2 heteroatoms. The minimum Gasteiger partial charge on any atom is -0.390 e. The molecule has 0 spiro atoms. The summed E-state index contributed by atoms with van der Waals surface area (Å²) in [5, 5.41) is 19.3. The van der Waals surface area contributed by atoms with Crippen LogP contribution >= 0.6 is 0 Å². The van der Waals surface area contributed by atoms with E-state index in [-0.39, 0.29) is 0 Å². The fourth-order valence-corrected chi connectivity index (χ4v) is 4.78. The Morgan fingerprint density at radius 2 is 0.594 bits per heavy atom. The van der Waals surface area contributed by atoms with Gasteiger partial charge in [-0.15, -0.1) is 0 Å². The Morgan fingerprint density at radius 3 is 0.844 bits per heavy atom. The van der Waals surface area contributed by atoms with Crippen molar-refractivity contribution in [2.45, 2.75) is 193 Å². The van der Waals surface area contributed by atoms with E-state index in [1.165, 1.54) is 148 Å². The third-order valence-corrected chi connectivity index (χ3v) is 7.22. The first-order valence-corrected chi connectivity index (χ1v) is 15.1. The zero-order valence-corrected chi connectivity index (χ0v) is 22.4. The third-order valence-electron chi connectivity index (χ3n) is 7.22. The average molecular weight is 455 g/mol. The van der Waals surface area contributed by atoms with Crippen LogP contribution in [-0.4, -0.2) is 22.4 Å². The first kappa shape index (κ1) is 31.9. The summed E-state index contributed by atoms with van der Waals surface area (Å²) in [6, 6.07) is 0. The first-order valence-electron chi connectivity index (χ1n) is 15.1. The van der Waals surface area contributed by atoms with Gasteiger partial charge >= 0.3 is 0 Å². The molecule has 0 heterocycles. The summed E-state index contributed by atoms with van der Waals surface area (Å²) in [5.74, 6) is 0. The van der Waals surface area contributed by atoms with E-state index in [9.17, 15) is 10.2 Å². The second-order valence-corrected chi connectivity index (χ2v) is 10.5. The molecule has 0 amide bonds. The maximum atomic E-state index is 9.75. The molecule has 32 heavy (non-hydrogen) atoms. The summed E-state index contributed by atoms with van der Waals surface area (Å²) in [7, 11) is 0. The molecule has 2 atom stereocenters. The van der Waals surface area contributed by atoms with Gasteiger partial charge in [0.2, 0.25) is 0 Å². The number of hydrogen-bond donors (Lipinski definition) is 2. The van der Waals surface area contributed by atoms with Crippen LogP contribution in [0.3, 0.4) is 0 Å². The Kier molecular flexibility index (Phi) is 27.1.